The molecule has 0 radical (unpaired) electrons. The fourth-order valence-electron chi connectivity index (χ4n) is 7.55. The number of β-amino-alcohol motifs (C(OH)–C–C–N with tert-alkyl or cyclic N) is 1. The standard InChI is InChI=1S/C43H58N6O9S4/c1-35-5-13-40(14-6-35)59(51,52)46-25-21-44(22-26-47(30-29-46)60(53,54)41-15-7-36(2)8-16-41)33-39(50)34-45-23-27-48(61(55,56)42-17-9-37(3)10-18-42)31-32-49(28-24-45)62(57,58)43-19-11-38(4)12-20-43/h5-20,39,50H,21-34H2,1-4H3. The van der Waals surface area contributed by atoms with E-state index in [2.05, 4.69) is 0 Å². The maximum Gasteiger partial charge on any atom is 0.243 e. The molecule has 62 heavy (non-hydrogen) atoms. The van der Waals surface area contributed by atoms with Crippen LogP contribution in [0.2, 0.25) is 0 Å². The second-order valence-electron chi connectivity index (χ2n) is 16.1. The number of sulfonamides is 4. The summed E-state index contributed by atoms with van der Waals surface area (Å²) in [6.07, 6.45) is -1.06. The zero-order valence-corrected chi connectivity index (χ0v) is 39.0. The molecule has 19 heteroatoms. The van der Waals surface area contributed by atoms with Crippen LogP contribution in [-0.4, -0.2) is 164 Å². The smallest absolute Gasteiger partial charge is 0.243 e. The van der Waals surface area contributed by atoms with Gasteiger partial charge >= 0.3 is 0 Å². The molecular weight excluding hydrogens is 873 g/mol. The third-order valence-corrected chi connectivity index (χ3v) is 19.1. The molecule has 0 amide bonds. The van der Waals surface area contributed by atoms with E-state index in [1.165, 1.54) is 65.8 Å². The minimum Gasteiger partial charge on any atom is -0.390 e. The van der Waals surface area contributed by atoms with Crippen LogP contribution < -0.4 is 0 Å². The number of nitrogens with zero attached hydrogens (tertiary/aromatic N) is 6. The van der Waals surface area contributed by atoms with E-state index in [1.54, 1.807) is 48.5 Å². The van der Waals surface area contributed by atoms with Gasteiger partial charge in [-0.3, -0.25) is 9.80 Å². The van der Waals surface area contributed by atoms with Crippen LogP contribution in [0.15, 0.2) is 117 Å². The van der Waals surface area contributed by atoms with E-state index in [4.69, 9.17) is 0 Å². The Hall–Kier alpha value is -3.60. The van der Waals surface area contributed by atoms with Crippen molar-refractivity contribution in [3.8, 4) is 0 Å². The van der Waals surface area contributed by atoms with E-state index in [0.29, 0.717) is 0 Å². The summed E-state index contributed by atoms with van der Waals surface area (Å²) < 4.78 is 117. The number of hydrogen-bond donors (Lipinski definition) is 1. The summed E-state index contributed by atoms with van der Waals surface area (Å²) in [6.45, 7) is 8.00. The third kappa shape index (κ3) is 11.6. The van der Waals surface area contributed by atoms with Crippen LogP contribution in [0.5, 0.6) is 0 Å². The molecule has 2 heterocycles. The summed E-state index contributed by atoms with van der Waals surface area (Å²) in [7, 11) is -16.1. The van der Waals surface area contributed by atoms with E-state index in [9.17, 15) is 38.8 Å². The number of benzene rings is 4. The average Bonchev–Trinajstić information content (AvgIpc) is 3.41. The zero-order chi connectivity index (χ0) is 44.9. The molecule has 0 bridgehead atoms. The van der Waals surface area contributed by atoms with Crippen molar-refractivity contribution in [1.82, 2.24) is 27.0 Å². The first-order chi connectivity index (χ1) is 29.3. The topological polar surface area (TPSA) is 176 Å². The summed E-state index contributed by atoms with van der Waals surface area (Å²) in [4.78, 5) is 4.03. The average molecular weight is 931 g/mol. The molecule has 338 valence electrons. The highest BCUT2D eigenvalue weighted by Gasteiger charge is 2.34. The summed E-state index contributed by atoms with van der Waals surface area (Å²) in [6, 6.07) is 25.9. The van der Waals surface area contributed by atoms with E-state index < -0.39 is 46.2 Å². The van der Waals surface area contributed by atoms with Crippen molar-refractivity contribution in [3.05, 3.63) is 119 Å². The maximum atomic E-state index is 14.0. The van der Waals surface area contributed by atoms with Gasteiger partial charge in [-0.25, -0.2) is 33.7 Å². The highest BCUT2D eigenvalue weighted by Crippen LogP contribution is 2.23. The Morgan fingerprint density at radius 1 is 0.355 bits per heavy atom. The predicted molar refractivity (Wildman–Crippen MR) is 239 cm³/mol. The molecule has 6 rings (SSSR count). The lowest BCUT2D eigenvalue weighted by atomic mass is 10.2. The molecule has 15 nitrogen and oxygen atoms in total. The Morgan fingerprint density at radius 3 is 0.726 bits per heavy atom. The number of rotatable bonds is 12. The predicted octanol–water partition coefficient (Wildman–Crippen LogP) is 2.98. The lowest BCUT2D eigenvalue weighted by Gasteiger charge is -2.31. The van der Waals surface area contributed by atoms with Crippen LogP contribution in [0.3, 0.4) is 0 Å². The van der Waals surface area contributed by atoms with Gasteiger partial charge in [0, 0.05) is 91.6 Å². The largest absolute Gasteiger partial charge is 0.390 e. The molecule has 1 N–H and O–H groups in total. The summed E-state index contributed by atoms with van der Waals surface area (Å²) in [5.74, 6) is 0. The molecule has 2 aliphatic rings. The Morgan fingerprint density at radius 2 is 0.532 bits per heavy atom. The van der Waals surface area contributed by atoms with Crippen molar-refractivity contribution in [2.24, 2.45) is 0 Å². The molecule has 4 aromatic rings. The van der Waals surface area contributed by atoms with Gasteiger partial charge in [0.15, 0.2) is 0 Å². The Bertz CT molecular complexity index is 2220. The second kappa shape index (κ2) is 20.1. The molecule has 2 aliphatic heterocycles. The molecule has 0 spiro atoms. The first kappa shape index (κ1) is 47.9. The number of hydrogen-bond acceptors (Lipinski definition) is 11. The Balaban J connectivity index is 1.24. The minimum absolute atomic E-state index is 0.0305. The van der Waals surface area contributed by atoms with Gasteiger partial charge in [0.1, 0.15) is 0 Å². The Kier molecular flexibility index (Phi) is 15.5. The van der Waals surface area contributed by atoms with Crippen molar-refractivity contribution in [2.45, 2.75) is 53.4 Å². The molecule has 4 aromatic carbocycles. The quantitative estimate of drug-likeness (QED) is 0.221. The van der Waals surface area contributed by atoms with E-state index in [1.807, 2.05) is 37.5 Å². The molecule has 0 aliphatic carbocycles. The van der Waals surface area contributed by atoms with Gasteiger partial charge in [0.05, 0.1) is 25.7 Å². The van der Waals surface area contributed by atoms with Crippen molar-refractivity contribution >= 4 is 40.1 Å². The lowest BCUT2D eigenvalue weighted by molar-refractivity contribution is 0.0711. The van der Waals surface area contributed by atoms with Crippen LogP contribution in [0.25, 0.3) is 0 Å². The number of aryl methyl sites for hydroxylation is 4. The minimum atomic E-state index is -4.03. The van der Waals surface area contributed by atoms with Crippen LogP contribution in [-0.2, 0) is 40.1 Å². The summed E-state index contributed by atoms with van der Waals surface area (Å²) in [5.41, 5.74) is 3.56. The SMILES string of the molecule is Cc1ccc(S(=O)(=O)N2CCN(CC(O)CN3CCN(S(=O)(=O)c4ccc(C)cc4)CCN(S(=O)(=O)c4ccc(C)cc4)CC3)CCN(S(=O)(=O)c3ccc(C)cc3)CC2)cc1. The molecule has 0 aromatic heterocycles. The van der Waals surface area contributed by atoms with Gasteiger partial charge in [0.2, 0.25) is 40.1 Å². The van der Waals surface area contributed by atoms with Crippen molar-refractivity contribution in [2.75, 3.05) is 91.6 Å². The molecule has 2 saturated heterocycles. The third-order valence-electron chi connectivity index (χ3n) is 11.4. The van der Waals surface area contributed by atoms with Gasteiger partial charge in [-0.05, 0) is 76.2 Å². The molecular formula is C43H58N6O9S4. The van der Waals surface area contributed by atoms with Gasteiger partial charge in [-0.1, -0.05) is 70.8 Å². The summed E-state index contributed by atoms with van der Waals surface area (Å²) >= 11 is 0. The molecule has 2 fully saturated rings. The van der Waals surface area contributed by atoms with Crippen LogP contribution in [0, 0.1) is 27.7 Å². The van der Waals surface area contributed by atoms with E-state index in [0.717, 1.165) is 22.3 Å². The number of aliphatic hydroxyl groups excluding tert-OH is 1. The fraction of sp³-hybridized carbons (Fsp3) is 0.442. The molecule has 0 unspecified atom stereocenters. The highest BCUT2D eigenvalue weighted by molar-refractivity contribution is 7.90. The monoisotopic (exact) mass is 930 g/mol. The van der Waals surface area contributed by atoms with Crippen molar-refractivity contribution in [3.63, 3.8) is 0 Å². The normalized spacial score (nSPS) is 18.7. The zero-order valence-electron chi connectivity index (χ0n) is 35.7. The van der Waals surface area contributed by atoms with Gasteiger partial charge < -0.3 is 5.11 Å². The first-order valence-electron chi connectivity index (χ1n) is 20.7. The van der Waals surface area contributed by atoms with Crippen LogP contribution >= 0.6 is 0 Å². The van der Waals surface area contributed by atoms with Crippen LogP contribution in [0.1, 0.15) is 22.3 Å². The fourth-order valence-corrected chi connectivity index (χ4v) is 13.2. The van der Waals surface area contributed by atoms with Gasteiger partial charge in [0.25, 0.3) is 0 Å². The van der Waals surface area contributed by atoms with E-state index >= 15 is 0 Å². The Labute approximate surface area is 368 Å². The van der Waals surface area contributed by atoms with Crippen LogP contribution in [0.4, 0.5) is 0 Å². The van der Waals surface area contributed by atoms with Crippen molar-refractivity contribution in [1.29, 1.82) is 0 Å². The summed E-state index contributed by atoms with van der Waals surface area (Å²) in [5, 5.41) is 11.7. The maximum absolute atomic E-state index is 14.0. The molecule has 0 saturated carbocycles. The van der Waals surface area contributed by atoms with E-state index in [-0.39, 0.29) is 111 Å². The first-order valence-corrected chi connectivity index (χ1v) is 26.4. The van der Waals surface area contributed by atoms with Gasteiger partial charge in [-0.2, -0.15) is 17.2 Å². The molecule has 0 atom stereocenters. The van der Waals surface area contributed by atoms with Gasteiger partial charge in [-0.15, -0.1) is 0 Å². The van der Waals surface area contributed by atoms with Crippen molar-refractivity contribution < 1.29 is 38.8 Å². The highest BCUT2D eigenvalue weighted by atomic mass is 32.2. The number of aliphatic hydroxyl groups is 1. The second-order valence-corrected chi connectivity index (χ2v) is 23.9. The lowest BCUT2D eigenvalue weighted by Crippen LogP contribution is -2.47.